The zero-order valence-electron chi connectivity index (χ0n) is 11.8. The molecule has 0 saturated carbocycles. The third-order valence-electron chi connectivity index (χ3n) is 3.04. The number of benzene rings is 1. The van der Waals surface area contributed by atoms with Gasteiger partial charge in [-0.25, -0.2) is 0 Å². The number of amides is 1. The van der Waals surface area contributed by atoms with E-state index in [-0.39, 0.29) is 12.3 Å². The maximum absolute atomic E-state index is 11.8. The Kier molecular flexibility index (Phi) is 6.73. The van der Waals surface area contributed by atoms with Gasteiger partial charge in [-0.2, -0.15) is 0 Å². The zero-order valence-corrected chi connectivity index (χ0v) is 11.8. The molecule has 0 saturated heterocycles. The number of nitrogens with one attached hydrogen (secondary N) is 1. The predicted octanol–water partition coefficient (Wildman–Crippen LogP) is 1.99. The normalized spacial score (nSPS) is 13.5. The van der Waals surface area contributed by atoms with Crippen LogP contribution in [0.3, 0.4) is 0 Å². The number of aliphatic carboxylic acids is 1. The molecule has 0 heterocycles. The molecule has 2 unspecified atom stereocenters. The van der Waals surface area contributed by atoms with Gasteiger partial charge in [-0.05, 0) is 19.4 Å². The van der Waals surface area contributed by atoms with Crippen LogP contribution in [0.5, 0.6) is 0 Å². The Bertz CT molecular complexity index is 433. The van der Waals surface area contributed by atoms with Gasteiger partial charge in [0.1, 0.15) is 0 Å². The number of carboxylic acids is 1. The second-order valence-electron chi connectivity index (χ2n) is 4.53. The Morgan fingerprint density at radius 3 is 2.50 bits per heavy atom. The van der Waals surface area contributed by atoms with Gasteiger partial charge in [-0.3, -0.25) is 9.59 Å². The third kappa shape index (κ3) is 5.01. The Morgan fingerprint density at radius 2 is 1.95 bits per heavy atom. The molecule has 1 aromatic rings. The van der Waals surface area contributed by atoms with E-state index in [4.69, 9.17) is 9.84 Å². The smallest absolute Gasteiger partial charge is 0.308 e. The highest BCUT2D eigenvalue weighted by atomic mass is 16.5. The van der Waals surface area contributed by atoms with E-state index >= 15 is 0 Å². The molecule has 5 heteroatoms. The molecule has 20 heavy (non-hydrogen) atoms. The van der Waals surface area contributed by atoms with Gasteiger partial charge >= 0.3 is 5.97 Å². The second-order valence-corrected chi connectivity index (χ2v) is 4.53. The topological polar surface area (TPSA) is 75.6 Å². The molecule has 1 rings (SSSR count). The summed E-state index contributed by atoms with van der Waals surface area (Å²) in [5.41, 5.74) is 0.784. The average Bonchev–Trinajstić information content (AvgIpc) is 2.45. The van der Waals surface area contributed by atoms with Crippen molar-refractivity contribution in [2.24, 2.45) is 5.92 Å². The van der Waals surface area contributed by atoms with E-state index in [1.54, 1.807) is 6.92 Å². The minimum Gasteiger partial charge on any atom is -0.481 e. The number of hydrogen-bond donors (Lipinski definition) is 2. The van der Waals surface area contributed by atoms with Gasteiger partial charge in [0.25, 0.3) is 0 Å². The largest absolute Gasteiger partial charge is 0.481 e. The van der Waals surface area contributed by atoms with Crippen LogP contribution in [0, 0.1) is 5.92 Å². The number of rotatable bonds is 8. The molecule has 0 aliphatic heterocycles. The number of carbonyl (C=O) groups excluding carboxylic acids is 1. The van der Waals surface area contributed by atoms with Gasteiger partial charge in [0.2, 0.25) is 5.91 Å². The molecule has 0 bridgehead atoms. The highest BCUT2D eigenvalue weighted by molar-refractivity contribution is 5.78. The number of hydrogen-bond acceptors (Lipinski definition) is 3. The first-order valence-electron chi connectivity index (χ1n) is 6.71. The van der Waals surface area contributed by atoms with Gasteiger partial charge in [0.15, 0.2) is 0 Å². The molecule has 1 aromatic carbocycles. The van der Waals surface area contributed by atoms with Crippen LogP contribution in [0.1, 0.15) is 31.9 Å². The van der Waals surface area contributed by atoms with Crippen LogP contribution in [-0.2, 0) is 14.3 Å². The molecule has 0 aromatic heterocycles. The van der Waals surface area contributed by atoms with E-state index in [2.05, 4.69) is 5.32 Å². The Hall–Kier alpha value is -1.88. The van der Waals surface area contributed by atoms with Crippen LogP contribution in [0.2, 0.25) is 0 Å². The van der Waals surface area contributed by atoms with Gasteiger partial charge in [-0.1, -0.05) is 30.3 Å². The van der Waals surface area contributed by atoms with E-state index in [0.29, 0.717) is 13.2 Å². The van der Waals surface area contributed by atoms with E-state index in [0.717, 1.165) is 5.56 Å². The summed E-state index contributed by atoms with van der Waals surface area (Å²) in [5.74, 6) is -1.85. The molecule has 1 amide bonds. The Morgan fingerprint density at radius 1 is 1.30 bits per heavy atom. The molecule has 2 atom stereocenters. The van der Waals surface area contributed by atoms with Crippen LogP contribution in [0.25, 0.3) is 0 Å². The molecule has 5 nitrogen and oxygen atoms in total. The highest BCUT2D eigenvalue weighted by Gasteiger charge is 2.26. The average molecular weight is 279 g/mol. The molecule has 0 aliphatic carbocycles. The van der Waals surface area contributed by atoms with Crippen molar-refractivity contribution in [1.82, 2.24) is 5.32 Å². The van der Waals surface area contributed by atoms with E-state index < -0.39 is 17.9 Å². The summed E-state index contributed by atoms with van der Waals surface area (Å²) in [6, 6.07) is 8.58. The molecule has 0 radical (unpaired) electrons. The summed E-state index contributed by atoms with van der Waals surface area (Å²) in [5, 5.41) is 11.9. The molecule has 0 aliphatic rings. The highest BCUT2D eigenvalue weighted by Crippen LogP contribution is 2.22. The minimum absolute atomic E-state index is 0.208. The molecule has 2 N–H and O–H groups in total. The van der Waals surface area contributed by atoms with E-state index in [1.165, 1.54) is 0 Å². The lowest BCUT2D eigenvalue weighted by Gasteiger charge is -2.23. The van der Waals surface area contributed by atoms with Crippen LogP contribution >= 0.6 is 0 Å². The minimum atomic E-state index is -0.941. The Labute approximate surface area is 118 Å². The predicted molar refractivity (Wildman–Crippen MR) is 75.2 cm³/mol. The fourth-order valence-electron chi connectivity index (χ4n) is 1.85. The quantitative estimate of drug-likeness (QED) is 0.714. The summed E-state index contributed by atoms with van der Waals surface area (Å²) in [6.07, 6.45) is 0.226. The maximum atomic E-state index is 11.8. The first-order valence-corrected chi connectivity index (χ1v) is 6.71. The standard InChI is InChI=1S/C15H21NO4/c1-3-20-10-9-13(17)16-14(11(2)15(18)19)12-7-5-4-6-8-12/h4-8,11,14H,3,9-10H2,1-2H3,(H,16,17)(H,18,19). The molecule has 110 valence electrons. The lowest BCUT2D eigenvalue weighted by Crippen LogP contribution is -2.36. The number of ether oxygens (including phenoxy) is 1. The summed E-state index contributed by atoms with van der Waals surface area (Å²) in [7, 11) is 0. The Balaban J connectivity index is 2.74. The molecule has 0 fully saturated rings. The maximum Gasteiger partial charge on any atom is 0.308 e. The lowest BCUT2D eigenvalue weighted by molar-refractivity contribution is -0.142. The zero-order chi connectivity index (χ0) is 15.0. The summed E-state index contributed by atoms with van der Waals surface area (Å²) < 4.78 is 5.12. The summed E-state index contributed by atoms with van der Waals surface area (Å²) in [4.78, 5) is 23.0. The first kappa shape index (κ1) is 16.2. The third-order valence-corrected chi connectivity index (χ3v) is 3.04. The van der Waals surface area contributed by atoms with Crippen molar-refractivity contribution in [2.75, 3.05) is 13.2 Å². The van der Waals surface area contributed by atoms with Crippen molar-refractivity contribution in [3.63, 3.8) is 0 Å². The van der Waals surface area contributed by atoms with Crippen molar-refractivity contribution in [2.45, 2.75) is 26.3 Å². The van der Waals surface area contributed by atoms with Crippen LogP contribution in [0.4, 0.5) is 0 Å². The second kappa shape index (κ2) is 8.32. The van der Waals surface area contributed by atoms with Crippen LogP contribution in [-0.4, -0.2) is 30.2 Å². The molecular weight excluding hydrogens is 258 g/mol. The van der Waals surface area contributed by atoms with Crippen molar-refractivity contribution < 1.29 is 19.4 Å². The number of carboxylic acid groups (broad SMARTS) is 1. The van der Waals surface area contributed by atoms with Gasteiger partial charge < -0.3 is 15.2 Å². The fraction of sp³-hybridized carbons (Fsp3) is 0.467. The van der Waals surface area contributed by atoms with Crippen LogP contribution in [0.15, 0.2) is 30.3 Å². The summed E-state index contributed by atoms with van der Waals surface area (Å²) in [6.45, 7) is 4.34. The van der Waals surface area contributed by atoms with Crippen molar-refractivity contribution in [3.05, 3.63) is 35.9 Å². The van der Waals surface area contributed by atoms with Gasteiger partial charge in [0, 0.05) is 13.0 Å². The van der Waals surface area contributed by atoms with E-state index in [9.17, 15) is 9.59 Å². The van der Waals surface area contributed by atoms with Crippen molar-refractivity contribution >= 4 is 11.9 Å². The first-order chi connectivity index (χ1) is 9.56. The van der Waals surface area contributed by atoms with E-state index in [1.807, 2.05) is 37.3 Å². The molecule has 0 spiro atoms. The molecular formula is C15H21NO4. The number of carbonyl (C=O) groups is 2. The summed E-state index contributed by atoms with van der Waals surface area (Å²) >= 11 is 0. The van der Waals surface area contributed by atoms with Crippen molar-refractivity contribution in [3.8, 4) is 0 Å². The monoisotopic (exact) mass is 279 g/mol. The van der Waals surface area contributed by atoms with Gasteiger partial charge in [-0.15, -0.1) is 0 Å². The van der Waals surface area contributed by atoms with Crippen molar-refractivity contribution in [1.29, 1.82) is 0 Å². The lowest BCUT2D eigenvalue weighted by atomic mass is 9.94. The van der Waals surface area contributed by atoms with Crippen LogP contribution < -0.4 is 5.32 Å². The van der Waals surface area contributed by atoms with Gasteiger partial charge in [0.05, 0.1) is 18.6 Å². The SMILES string of the molecule is CCOCCC(=O)NC(c1ccccc1)C(C)C(=O)O. The fourth-order valence-corrected chi connectivity index (χ4v) is 1.85.